The van der Waals surface area contributed by atoms with Gasteiger partial charge in [-0.1, -0.05) is 140 Å². The lowest BCUT2D eigenvalue weighted by molar-refractivity contribution is 0.670. The molecule has 0 bridgehead atoms. The van der Waals surface area contributed by atoms with E-state index >= 15 is 0 Å². The van der Waals surface area contributed by atoms with Gasteiger partial charge < -0.3 is 4.42 Å². The zero-order valence-corrected chi connectivity index (χ0v) is 21.8. The molecule has 0 saturated heterocycles. The first-order valence-corrected chi connectivity index (χ1v) is 15.1. The molecule has 0 fully saturated rings. The summed E-state index contributed by atoms with van der Waals surface area (Å²) in [6.07, 6.45) is 0. The van der Waals surface area contributed by atoms with Crippen molar-refractivity contribution in [2.45, 2.75) is 0 Å². The fraction of sp³-hybridized carbons (Fsp3) is 0. The first-order valence-electron chi connectivity index (χ1n) is 13.1. The molecule has 1 aliphatic heterocycles. The Bertz CT molecular complexity index is 1930. The highest BCUT2D eigenvalue weighted by molar-refractivity contribution is 7.22. The van der Waals surface area contributed by atoms with Crippen LogP contribution in [-0.2, 0) is 0 Å². The number of hydrogen-bond acceptors (Lipinski definition) is 1. The Kier molecular flexibility index (Phi) is 4.61. The van der Waals surface area contributed by atoms with Crippen molar-refractivity contribution >= 4 is 50.8 Å². The summed E-state index contributed by atoms with van der Waals surface area (Å²) >= 11 is 0. The zero-order valence-electron chi connectivity index (χ0n) is 20.8. The van der Waals surface area contributed by atoms with E-state index in [0.29, 0.717) is 0 Å². The molecule has 0 aliphatic carbocycles. The SMILES string of the molecule is c1ccc([Si]2(c3ccccc3)c3ccccc3-c3ccc(-c4cccc5c4oc4ccccc45)cc32)cc1. The Morgan fingerprint density at radius 2 is 1.03 bits per heavy atom. The minimum Gasteiger partial charge on any atom is -0.455 e. The molecule has 178 valence electrons. The highest BCUT2D eigenvalue weighted by Crippen LogP contribution is 2.37. The van der Waals surface area contributed by atoms with Gasteiger partial charge in [0.2, 0.25) is 0 Å². The van der Waals surface area contributed by atoms with Crippen LogP contribution >= 0.6 is 0 Å². The number of furan rings is 1. The molecule has 7 aromatic rings. The minimum absolute atomic E-state index is 0.931. The lowest BCUT2D eigenvalue weighted by atomic mass is 9.99. The first kappa shape index (κ1) is 21.4. The standard InChI is InChI=1S/C36H24OSi/c1-3-12-26(13-4-1)38(27-14-5-2-6-15-27)34-21-10-8-17-30(34)31-23-22-25(24-35(31)38)28-18-11-19-32-29-16-7-9-20-33(29)37-36(28)32/h1-24H. The van der Waals surface area contributed by atoms with Crippen LogP contribution in [-0.4, -0.2) is 8.07 Å². The topological polar surface area (TPSA) is 13.1 Å². The molecule has 1 aliphatic rings. The third-order valence-electron chi connectivity index (χ3n) is 8.17. The molecule has 0 atom stereocenters. The lowest BCUT2D eigenvalue weighted by Gasteiger charge is -2.31. The van der Waals surface area contributed by atoms with Crippen LogP contribution in [0.1, 0.15) is 0 Å². The van der Waals surface area contributed by atoms with Crippen molar-refractivity contribution in [3.63, 3.8) is 0 Å². The molecular weight excluding hydrogens is 476 g/mol. The summed E-state index contributed by atoms with van der Waals surface area (Å²) in [5.74, 6) is 0. The van der Waals surface area contributed by atoms with Crippen LogP contribution in [0.5, 0.6) is 0 Å². The van der Waals surface area contributed by atoms with Gasteiger partial charge in [-0.3, -0.25) is 0 Å². The molecule has 1 aromatic heterocycles. The average Bonchev–Trinajstić information content (AvgIpc) is 3.52. The van der Waals surface area contributed by atoms with E-state index in [0.717, 1.165) is 27.5 Å². The van der Waals surface area contributed by atoms with Crippen LogP contribution in [0, 0.1) is 0 Å². The molecular formula is C36H24OSi. The molecule has 6 aromatic carbocycles. The van der Waals surface area contributed by atoms with Gasteiger partial charge in [0.05, 0.1) is 0 Å². The Morgan fingerprint density at radius 1 is 0.421 bits per heavy atom. The lowest BCUT2D eigenvalue weighted by Crippen LogP contribution is -2.72. The molecule has 0 N–H and O–H groups in total. The Morgan fingerprint density at radius 3 is 1.82 bits per heavy atom. The van der Waals surface area contributed by atoms with E-state index in [1.165, 1.54) is 37.4 Å². The van der Waals surface area contributed by atoms with Crippen molar-refractivity contribution < 1.29 is 4.42 Å². The third kappa shape index (κ3) is 2.86. The molecule has 0 amide bonds. The van der Waals surface area contributed by atoms with Crippen molar-refractivity contribution in [2.24, 2.45) is 0 Å². The zero-order chi connectivity index (χ0) is 25.1. The Balaban J connectivity index is 1.47. The molecule has 0 spiro atoms. The fourth-order valence-electron chi connectivity index (χ4n) is 6.59. The summed E-state index contributed by atoms with van der Waals surface area (Å²) in [4.78, 5) is 0. The van der Waals surface area contributed by atoms with Crippen LogP contribution in [0.3, 0.4) is 0 Å². The Labute approximate surface area is 222 Å². The normalized spacial score (nSPS) is 13.5. The summed E-state index contributed by atoms with van der Waals surface area (Å²) in [5, 5.41) is 8.06. The van der Waals surface area contributed by atoms with E-state index in [1.54, 1.807) is 0 Å². The van der Waals surface area contributed by atoms with Gasteiger partial charge in [-0.15, -0.1) is 0 Å². The molecule has 0 unspecified atom stereocenters. The summed E-state index contributed by atoms with van der Waals surface area (Å²) in [5.41, 5.74) is 6.93. The smallest absolute Gasteiger partial charge is 0.180 e. The maximum atomic E-state index is 6.45. The van der Waals surface area contributed by atoms with Crippen LogP contribution in [0.25, 0.3) is 44.2 Å². The molecule has 0 saturated carbocycles. The van der Waals surface area contributed by atoms with Crippen LogP contribution in [0.4, 0.5) is 0 Å². The van der Waals surface area contributed by atoms with E-state index in [4.69, 9.17) is 4.42 Å². The summed E-state index contributed by atoms with van der Waals surface area (Å²) in [7, 11) is -2.52. The van der Waals surface area contributed by atoms with Crippen molar-refractivity contribution in [2.75, 3.05) is 0 Å². The fourth-order valence-corrected chi connectivity index (χ4v) is 11.8. The molecule has 1 nitrogen and oxygen atoms in total. The first-order chi connectivity index (χ1) is 18.9. The van der Waals surface area contributed by atoms with Gasteiger partial charge in [-0.05, 0) is 43.5 Å². The van der Waals surface area contributed by atoms with E-state index in [-0.39, 0.29) is 0 Å². The van der Waals surface area contributed by atoms with Crippen molar-refractivity contribution in [1.29, 1.82) is 0 Å². The second-order valence-electron chi connectivity index (χ2n) is 10.1. The third-order valence-corrected chi connectivity index (χ3v) is 13.0. The van der Waals surface area contributed by atoms with Crippen LogP contribution < -0.4 is 20.7 Å². The second-order valence-corrected chi connectivity index (χ2v) is 13.8. The van der Waals surface area contributed by atoms with Gasteiger partial charge in [-0.25, -0.2) is 0 Å². The van der Waals surface area contributed by atoms with Gasteiger partial charge >= 0.3 is 0 Å². The molecule has 2 heteroatoms. The number of rotatable bonds is 3. The van der Waals surface area contributed by atoms with Gasteiger partial charge in [0.25, 0.3) is 0 Å². The van der Waals surface area contributed by atoms with Gasteiger partial charge in [-0.2, -0.15) is 0 Å². The predicted octanol–water partition coefficient (Wildman–Crippen LogP) is 6.61. The monoisotopic (exact) mass is 500 g/mol. The summed E-state index contributed by atoms with van der Waals surface area (Å²) < 4.78 is 6.45. The molecule has 8 rings (SSSR count). The van der Waals surface area contributed by atoms with E-state index in [1.807, 2.05) is 6.07 Å². The number of hydrogen-bond donors (Lipinski definition) is 0. The number of benzene rings is 6. The predicted molar refractivity (Wildman–Crippen MR) is 162 cm³/mol. The van der Waals surface area contributed by atoms with Gasteiger partial charge in [0, 0.05) is 16.3 Å². The Hall–Kier alpha value is -4.66. The summed E-state index contributed by atoms with van der Waals surface area (Å²) in [6.45, 7) is 0. The maximum absolute atomic E-state index is 6.45. The molecule has 0 radical (unpaired) electrons. The largest absolute Gasteiger partial charge is 0.455 e. The summed E-state index contributed by atoms with van der Waals surface area (Å²) in [6, 6.07) is 53.3. The average molecular weight is 501 g/mol. The highest BCUT2D eigenvalue weighted by atomic mass is 28.3. The van der Waals surface area contributed by atoms with Crippen molar-refractivity contribution in [1.82, 2.24) is 0 Å². The van der Waals surface area contributed by atoms with Crippen LogP contribution in [0.15, 0.2) is 150 Å². The quantitative estimate of drug-likeness (QED) is 0.249. The molecule has 38 heavy (non-hydrogen) atoms. The van der Waals surface area contributed by atoms with E-state index in [9.17, 15) is 0 Å². The van der Waals surface area contributed by atoms with E-state index in [2.05, 4.69) is 140 Å². The van der Waals surface area contributed by atoms with E-state index < -0.39 is 8.07 Å². The highest BCUT2D eigenvalue weighted by Gasteiger charge is 2.48. The van der Waals surface area contributed by atoms with Gasteiger partial charge in [0.1, 0.15) is 11.2 Å². The minimum atomic E-state index is -2.52. The number of fused-ring (bicyclic) bond motifs is 6. The van der Waals surface area contributed by atoms with Crippen molar-refractivity contribution in [3.05, 3.63) is 146 Å². The molecule has 2 heterocycles. The number of para-hydroxylation sites is 2. The van der Waals surface area contributed by atoms with Gasteiger partial charge in [0.15, 0.2) is 8.07 Å². The van der Waals surface area contributed by atoms with Crippen LogP contribution in [0.2, 0.25) is 0 Å². The second kappa shape index (κ2) is 8.17. The maximum Gasteiger partial charge on any atom is 0.180 e. The van der Waals surface area contributed by atoms with Crippen molar-refractivity contribution in [3.8, 4) is 22.3 Å².